The molecule has 0 aliphatic heterocycles. The average molecular weight is 220 g/mol. The molecule has 16 heavy (non-hydrogen) atoms. The summed E-state index contributed by atoms with van der Waals surface area (Å²) in [4.78, 5) is 14.0. The number of fused-ring (bicyclic) bond motifs is 1. The summed E-state index contributed by atoms with van der Waals surface area (Å²) in [7, 11) is 5.58. The standard InChI is InChI=1S/C11H16N4O/c1-7(16-4)10-12-8-5-6-9(15(2)3)13-11(8)14-10/h5-7H,1-4H3,(H,12,13,14). The summed E-state index contributed by atoms with van der Waals surface area (Å²) < 4.78 is 5.21. The van der Waals surface area contributed by atoms with Crippen molar-refractivity contribution in [3.63, 3.8) is 0 Å². The number of anilines is 1. The maximum atomic E-state index is 5.21. The van der Waals surface area contributed by atoms with Gasteiger partial charge in [0.05, 0.1) is 5.52 Å². The second kappa shape index (κ2) is 4.09. The summed E-state index contributed by atoms with van der Waals surface area (Å²) in [6.45, 7) is 1.95. The van der Waals surface area contributed by atoms with Crippen molar-refractivity contribution < 1.29 is 4.74 Å². The topological polar surface area (TPSA) is 54.0 Å². The summed E-state index contributed by atoms with van der Waals surface area (Å²) in [6, 6.07) is 3.94. The molecule has 0 saturated carbocycles. The first kappa shape index (κ1) is 10.9. The molecule has 2 rings (SSSR count). The van der Waals surface area contributed by atoms with Crippen LogP contribution in [0.5, 0.6) is 0 Å². The lowest BCUT2D eigenvalue weighted by atomic mass is 10.4. The Balaban J connectivity index is 2.46. The first-order valence-corrected chi connectivity index (χ1v) is 5.18. The third-order valence-electron chi connectivity index (χ3n) is 2.55. The van der Waals surface area contributed by atoms with Crippen molar-refractivity contribution in [1.29, 1.82) is 0 Å². The first-order valence-electron chi connectivity index (χ1n) is 5.18. The van der Waals surface area contributed by atoms with E-state index in [2.05, 4.69) is 15.0 Å². The van der Waals surface area contributed by atoms with E-state index in [0.29, 0.717) is 0 Å². The number of aromatic nitrogens is 3. The molecule has 0 saturated heterocycles. The number of methoxy groups -OCH3 is 1. The smallest absolute Gasteiger partial charge is 0.179 e. The average Bonchev–Trinajstić information content (AvgIpc) is 2.70. The molecule has 5 nitrogen and oxygen atoms in total. The quantitative estimate of drug-likeness (QED) is 0.856. The minimum absolute atomic E-state index is 0.0444. The van der Waals surface area contributed by atoms with Crippen LogP contribution in [-0.2, 0) is 4.74 Å². The molecule has 2 aromatic heterocycles. The lowest BCUT2D eigenvalue weighted by molar-refractivity contribution is 0.113. The molecule has 5 heteroatoms. The van der Waals surface area contributed by atoms with Gasteiger partial charge in [0.2, 0.25) is 0 Å². The van der Waals surface area contributed by atoms with Gasteiger partial charge in [-0.1, -0.05) is 0 Å². The highest BCUT2D eigenvalue weighted by molar-refractivity contribution is 5.73. The van der Waals surface area contributed by atoms with Gasteiger partial charge in [-0.25, -0.2) is 9.97 Å². The van der Waals surface area contributed by atoms with Crippen LogP contribution in [0.15, 0.2) is 12.1 Å². The van der Waals surface area contributed by atoms with Crippen LogP contribution >= 0.6 is 0 Å². The van der Waals surface area contributed by atoms with Crippen LogP contribution in [0, 0.1) is 0 Å². The molecule has 0 radical (unpaired) electrons. The fraction of sp³-hybridized carbons (Fsp3) is 0.455. The van der Waals surface area contributed by atoms with Gasteiger partial charge in [-0.2, -0.15) is 0 Å². The maximum Gasteiger partial charge on any atom is 0.179 e. The van der Waals surface area contributed by atoms with Crippen molar-refractivity contribution in [2.24, 2.45) is 0 Å². The minimum atomic E-state index is -0.0444. The van der Waals surface area contributed by atoms with Crippen molar-refractivity contribution >= 4 is 17.0 Å². The maximum absolute atomic E-state index is 5.21. The molecule has 2 aromatic rings. The SMILES string of the molecule is COC(C)c1nc2nc(N(C)C)ccc2[nH]1. The molecule has 0 fully saturated rings. The van der Waals surface area contributed by atoms with Crippen LogP contribution in [0.1, 0.15) is 18.9 Å². The highest BCUT2D eigenvalue weighted by atomic mass is 16.5. The molecule has 1 atom stereocenters. The number of nitrogens with one attached hydrogen (secondary N) is 1. The van der Waals surface area contributed by atoms with E-state index < -0.39 is 0 Å². The Bertz CT molecular complexity index is 492. The molecule has 2 heterocycles. The number of hydrogen-bond donors (Lipinski definition) is 1. The van der Waals surface area contributed by atoms with Crippen molar-refractivity contribution in [3.05, 3.63) is 18.0 Å². The number of ether oxygens (including phenoxy) is 1. The van der Waals surface area contributed by atoms with Crippen LogP contribution in [0.4, 0.5) is 5.82 Å². The molecule has 86 valence electrons. The van der Waals surface area contributed by atoms with Crippen molar-refractivity contribution in [3.8, 4) is 0 Å². The number of pyridine rings is 1. The molecule has 1 N–H and O–H groups in total. The number of rotatable bonds is 3. The fourth-order valence-corrected chi connectivity index (χ4v) is 1.45. The van der Waals surface area contributed by atoms with E-state index in [0.717, 1.165) is 22.8 Å². The molecular formula is C11H16N4O. The zero-order valence-corrected chi connectivity index (χ0v) is 9.98. The molecule has 0 aliphatic carbocycles. The molecule has 0 spiro atoms. The normalized spacial score (nSPS) is 13.0. The van der Waals surface area contributed by atoms with Gasteiger partial charge < -0.3 is 14.6 Å². The van der Waals surface area contributed by atoms with Gasteiger partial charge in [-0.15, -0.1) is 0 Å². The second-order valence-electron chi connectivity index (χ2n) is 3.94. The monoisotopic (exact) mass is 220 g/mol. The van der Waals surface area contributed by atoms with Gasteiger partial charge in [0, 0.05) is 21.2 Å². The largest absolute Gasteiger partial charge is 0.374 e. The molecule has 0 bridgehead atoms. The summed E-state index contributed by atoms with van der Waals surface area (Å²) in [5, 5.41) is 0. The van der Waals surface area contributed by atoms with E-state index in [9.17, 15) is 0 Å². The van der Waals surface area contributed by atoms with Crippen LogP contribution in [0.3, 0.4) is 0 Å². The second-order valence-corrected chi connectivity index (χ2v) is 3.94. The zero-order valence-electron chi connectivity index (χ0n) is 9.98. The Morgan fingerprint density at radius 3 is 2.69 bits per heavy atom. The first-order chi connectivity index (χ1) is 7.61. The molecule has 0 aliphatic rings. The number of nitrogens with zero attached hydrogens (tertiary/aromatic N) is 3. The molecule has 0 aromatic carbocycles. The van der Waals surface area contributed by atoms with Crippen molar-refractivity contribution in [2.75, 3.05) is 26.1 Å². The Morgan fingerprint density at radius 2 is 2.06 bits per heavy atom. The summed E-state index contributed by atoms with van der Waals surface area (Å²) >= 11 is 0. The van der Waals surface area contributed by atoms with E-state index in [1.165, 1.54) is 0 Å². The summed E-state index contributed by atoms with van der Waals surface area (Å²) in [5.74, 6) is 1.71. The highest BCUT2D eigenvalue weighted by Crippen LogP contribution is 2.18. The van der Waals surface area contributed by atoms with E-state index in [4.69, 9.17) is 4.74 Å². The fourth-order valence-electron chi connectivity index (χ4n) is 1.45. The lowest BCUT2D eigenvalue weighted by Gasteiger charge is -2.09. The Morgan fingerprint density at radius 1 is 1.31 bits per heavy atom. The summed E-state index contributed by atoms with van der Waals surface area (Å²) in [6.07, 6.45) is -0.0444. The van der Waals surface area contributed by atoms with Crippen LogP contribution in [-0.4, -0.2) is 36.2 Å². The van der Waals surface area contributed by atoms with Gasteiger partial charge in [-0.3, -0.25) is 0 Å². The molecule has 0 amide bonds. The van der Waals surface area contributed by atoms with Crippen molar-refractivity contribution in [1.82, 2.24) is 15.0 Å². The van der Waals surface area contributed by atoms with E-state index in [1.807, 2.05) is 38.1 Å². The number of aromatic amines is 1. The van der Waals surface area contributed by atoms with E-state index in [-0.39, 0.29) is 6.10 Å². The van der Waals surface area contributed by atoms with Gasteiger partial charge in [0.25, 0.3) is 0 Å². The van der Waals surface area contributed by atoms with E-state index in [1.54, 1.807) is 7.11 Å². The Kier molecular flexibility index (Phi) is 2.78. The van der Waals surface area contributed by atoms with E-state index >= 15 is 0 Å². The van der Waals surface area contributed by atoms with Gasteiger partial charge in [-0.05, 0) is 19.1 Å². The molecular weight excluding hydrogens is 204 g/mol. The number of H-pyrrole nitrogens is 1. The lowest BCUT2D eigenvalue weighted by Crippen LogP contribution is -2.10. The van der Waals surface area contributed by atoms with Crippen molar-refractivity contribution in [2.45, 2.75) is 13.0 Å². The Hall–Kier alpha value is -1.62. The third-order valence-corrected chi connectivity index (χ3v) is 2.55. The molecule has 1 unspecified atom stereocenters. The third kappa shape index (κ3) is 1.86. The van der Waals surface area contributed by atoms with Gasteiger partial charge in [0.1, 0.15) is 17.7 Å². The van der Waals surface area contributed by atoms with Crippen LogP contribution < -0.4 is 4.90 Å². The summed E-state index contributed by atoms with van der Waals surface area (Å²) in [5.41, 5.74) is 1.66. The number of imidazole rings is 1. The van der Waals surface area contributed by atoms with Crippen LogP contribution in [0.25, 0.3) is 11.2 Å². The minimum Gasteiger partial charge on any atom is -0.374 e. The predicted octanol–water partition coefficient (Wildman–Crippen LogP) is 1.73. The Labute approximate surface area is 94.5 Å². The number of hydrogen-bond acceptors (Lipinski definition) is 4. The van der Waals surface area contributed by atoms with Gasteiger partial charge >= 0.3 is 0 Å². The zero-order chi connectivity index (χ0) is 11.7. The van der Waals surface area contributed by atoms with Gasteiger partial charge in [0.15, 0.2) is 5.65 Å². The predicted molar refractivity (Wildman–Crippen MR) is 63.6 cm³/mol. The highest BCUT2D eigenvalue weighted by Gasteiger charge is 2.11. The van der Waals surface area contributed by atoms with Crippen LogP contribution in [0.2, 0.25) is 0 Å².